The van der Waals surface area contributed by atoms with E-state index in [0.717, 1.165) is 27.8 Å². The highest BCUT2D eigenvalue weighted by Gasteiger charge is 2.06. The molecule has 0 atom stereocenters. The first kappa shape index (κ1) is 57.5. The Morgan fingerprint density at radius 2 is 0.941 bits per heavy atom. The zero-order chi connectivity index (χ0) is 50.9. The zero-order valence-electron chi connectivity index (χ0n) is 37.4. The van der Waals surface area contributed by atoms with Gasteiger partial charge in [0, 0.05) is 26.7 Å². The molecule has 2 heterocycles. The number of H-pyrrole nitrogens is 1. The molecule has 7 aromatic rings. The molecule has 7 rings (SSSR count). The molecule has 0 bridgehead atoms. The fraction of sp³-hybridized carbons (Fsp3) is 0.152. The number of aromatic nitrogens is 4. The number of carbonyl (C=O) groups is 5. The number of hydrogen-bond donors (Lipinski definition) is 11. The van der Waals surface area contributed by atoms with Crippen molar-refractivity contribution in [2.24, 2.45) is 0 Å². The number of carbonyl (C=O) groups excluding carboxylic acids is 4. The lowest BCUT2D eigenvalue weighted by Gasteiger charge is -2.09. The van der Waals surface area contributed by atoms with Gasteiger partial charge in [-0.25, -0.2) is 14.8 Å². The summed E-state index contributed by atoms with van der Waals surface area (Å²) in [7, 11) is 0.167. The summed E-state index contributed by atoms with van der Waals surface area (Å²) in [5.41, 5.74) is 18.6. The van der Waals surface area contributed by atoms with Crippen molar-refractivity contribution in [3.63, 3.8) is 0 Å². The number of hydrogen-bond acceptors (Lipinski definition) is 15. The average molecular weight is 953 g/mol. The number of anilines is 6. The summed E-state index contributed by atoms with van der Waals surface area (Å²) in [6.45, 7) is 4.42. The van der Waals surface area contributed by atoms with Crippen molar-refractivity contribution in [1.82, 2.24) is 19.9 Å². The molecule has 21 nitrogen and oxygen atoms in total. The van der Waals surface area contributed by atoms with Crippen LogP contribution in [0.15, 0.2) is 139 Å². The van der Waals surface area contributed by atoms with Crippen molar-refractivity contribution in [3.05, 3.63) is 150 Å². The SMILES string of the molecule is CC(=O)Nc1ccccc1N.CC(=O)Nc1ccccc1NC(=O)CO.CP=O.Cc1cnc2ccccc2n1.Nc1ccccc1NC(=O)CO.O=C(O)CO.O=c1cnc2ccccc2[nH]1. The van der Waals surface area contributed by atoms with Gasteiger partial charge in [0.2, 0.25) is 23.6 Å². The van der Waals surface area contributed by atoms with E-state index in [9.17, 15) is 24.0 Å². The number of nitrogens with two attached hydrogens (primary N) is 2. The molecule has 0 saturated heterocycles. The van der Waals surface area contributed by atoms with Gasteiger partial charge in [-0.1, -0.05) is 60.7 Å². The van der Waals surface area contributed by atoms with Crippen molar-refractivity contribution in [1.29, 1.82) is 0 Å². The number of rotatable bonds is 7. The number of fused-ring (bicyclic) bond motifs is 2. The monoisotopic (exact) mass is 952 g/mol. The minimum absolute atomic E-state index is 0.108. The summed E-state index contributed by atoms with van der Waals surface area (Å²) in [5.74, 6) is -2.51. The number of nitrogens with one attached hydrogen (secondary N) is 5. The first-order valence-corrected chi connectivity index (χ1v) is 21.0. The first-order chi connectivity index (χ1) is 32.5. The second-order valence-electron chi connectivity index (χ2n) is 13.0. The Morgan fingerprint density at radius 1 is 0.574 bits per heavy atom. The van der Waals surface area contributed by atoms with Gasteiger partial charge >= 0.3 is 5.97 Å². The van der Waals surface area contributed by atoms with Crippen LogP contribution in [0.4, 0.5) is 34.1 Å². The Labute approximate surface area is 391 Å². The van der Waals surface area contributed by atoms with E-state index in [1.165, 1.54) is 20.0 Å². The molecule has 0 saturated carbocycles. The lowest BCUT2D eigenvalue weighted by molar-refractivity contribution is -0.140. The number of aliphatic hydroxyl groups excluding tert-OH is 3. The lowest BCUT2D eigenvalue weighted by Crippen LogP contribution is -2.17. The van der Waals surface area contributed by atoms with Crippen LogP contribution < -0.4 is 38.3 Å². The zero-order valence-corrected chi connectivity index (χ0v) is 38.3. The fourth-order valence-corrected chi connectivity index (χ4v) is 4.72. The molecule has 0 unspecified atom stereocenters. The molecule has 0 aliphatic heterocycles. The van der Waals surface area contributed by atoms with Crippen LogP contribution in [0.3, 0.4) is 0 Å². The van der Waals surface area contributed by atoms with E-state index in [0.29, 0.717) is 34.1 Å². The van der Waals surface area contributed by atoms with Gasteiger partial charge in [0.05, 0.1) is 68.1 Å². The molecule has 0 spiro atoms. The number of carboxylic acid groups (broad SMARTS) is 1. The van der Waals surface area contributed by atoms with Gasteiger partial charge in [0.25, 0.3) is 5.56 Å². The molecule has 0 radical (unpaired) electrons. The molecule has 2 aromatic heterocycles. The average Bonchev–Trinajstić information content (AvgIpc) is 3.32. The van der Waals surface area contributed by atoms with E-state index in [2.05, 4.69) is 41.2 Å². The minimum atomic E-state index is -1.19. The predicted octanol–water partition coefficient (Wildman–Crippen LogP) is 4.84. The van der Waals surface area contributed by atoms with Gasteiger partial charge in [0.1, 0.15) is 19.8 Å². The highest BCUT2D eigenvalue weighted by molar-refractivity contribution is 7.22. The quantitative estimate of drug-likeness (QED) is 0.0752. The smallest absolute Gasteiger partial charge is 0.329 e. The van der Waals surface area contributed by atoms with Crippen molar-refractivity contribution in [3.8, 4) is 0 Å². The molecule has 0 aliphatic carbocycles. The highest BCUT2D eigenvalue weighted by atomic mass is 31.1. The van der Waals surface area contributed by atoms with Crippen molar-refractivity contribution in [2.75, 3.05) is 59.2 Å². The van der Waals surface area contributed by atoms with Crippen LogP contribution in [0.25, 0.3) is 22.1 Å². The van der Waals surface area contributed by atoms with Gasteiger partial charge in [0.15, 0.2) is 8.46 Å². The highest BCUT2D eigenvalue weighted by Crippen LogP contribution is 2.21. The third kappa shape index (κ3) is 24.5. The number of amides is 4. The van der Waals surface area contributed by atoms with Crippen molar-refractivity contribution in [2.45, 2.75) is 20.8 Å². The van der Waals surface area contributed by atoms with Crippen LogP contribution in [0.5, 0.6) is 0 Å². The second-order valence-corrected chi connectivity index (χ2v) is 13.4. The number of nitrogens with zero attached hydrogens (tertiary/aromatic N) is 3. The minimum Gasteiger partial charge on any atom is -0.480 e. The maximum atomic E-state index is 10.9. The number of aliphatic hydroxyl groups is 3. The van der Waals surface area contributed by atoms with Crippen molar-refractivity contribution < 1.29 is 49.0 Å². The molecule has 358 valence electrons. The van der Waals surface area contributed by atoms with Crippen LogP contribution >= 0.6 is 8.46 Å². The second kappa shape index (κ2) is 33.1. The van der Waals surface area contributed by atoms with Crippen molar-refractivity contribution >= 4 is 94.2 Å². The molecule has 22 heteroatoms. The maximum Gasteiger partial charge on any atom is 0.329 e. The normalized spacial score (nSPS) is 9.40. The molecule has 0 fully saturated rings. The van der Waals surface area contributed by atoms with Crippen LogP contribution in [-0.4, -0.2) is 96.4 Å². The largest absolute Gasteiger partial charge is 0.480 e. The Kier molecular flexibility index (Phi) is 28.0. The fourth-order valence-electron chi connectivity index (χ4n) is 4.72. The lowest BCUT2D eigenvalue weighted by atomic mass is 10.2. The standard InChI is InChI=1S/C10H12N2O3.C9H8N2.C8H10N2O2.C8H6N2O.C8H10N2O.C2H4O3.CH3OP/c1-7(14)11-8-4-2-3-5-9(8)12-10(15)6-13;1-7-6-10-8-4-2-3-5-9(8)11-7;9-6-3-1-2-4-7(6)10-8(12)5-11;11-8-5-9-6-3-1-2-4-7(6)10-8;1-6(11)10-8-5-3-2-4-7(8)9;3-1-2(4)5;1-3-2/h2-5,13H,6H2,1H3,(H,11,14)(H,12,15);2-6H,1H3;1-4,11H,5,9H2,(H,10,12);1-5H,(H,10,11);2-5H,9H2,1H3,(H,10,11);3H,1H2,(H,4,5);1H3. The number of aryl methyl sites for hydroxylation is 1. The summed E-state index contributed by atoms with van der Waals surface area (Å²) in [6, 6.07) is 36.0. The van der Waals surface area contributed by atoms with Crippen LogP contribution in [0.2, 0.25) is 0 Å². The van der Waals surface area contributed by atoms with E-state index >= 15 is 0 Å². The van der Waals surface area contributed by atoms with Gasteiger partial charge in [-0.2, -0.15) is 0 Å². The first-order valence-electron chi connectivity index (χ1n) is 19.8. The molecular formula is C46H53N10O11P. The summed E-state index contributed by atoms with van der Waals surface area (Å²) < 4.78 is 8.90. The van der Waals surface area contributed by atoms with E-state index in [4.69, 9.17) is 41.3 Å². The Bertz CT molecular complexity index is 2760. The van der Waals surface area contributed by atoms with Gasteiger partial charge in [-0.05, 0) is 67.6 Å². The molecule has 4 amide bonds. The Morgan fingerprint density at radius 3 is 1.41 bits per heavy atom. The number of carboxylic acids is 1. The summed E-state index contributed by atoms with van der Waals surface area (Å²) in [6.07, 6.45) is 3.06. The Hall–Kier alpha value is -8.49. The number of aliphatic carboxylic acids is 1. The predicted molar refractivity (Wildman–Crippen MR) is 263 cm³/mol. The van der Waals surface area contributed by atoms with Crippen LogP contribution in [0, 0.1) is 6.92 Å². The van der Waals surface area contributed by atoms with E-state index in [1.807, 2.05) is 67.6 Å². The molecule has 5 aromatic carbocycles. The molecular weight excluding hydrogens is 900 g/mol. The number of para-hydroxylation sites is 10. The number of nitrogen functional groups attached to an aromatic ring is 2. The van der Waals surface area contributed by atoms with Crippen LogP contribution in [0.1, 0.15) is 19.5 Å². The molecule has 13 N–H and O–H groups in total. The topological polar surface area (TPSA) is 355 Å². The summed E-state index contributed by atoms with van der Waals surface area (Å²) in [5, 5.41) is 42.1. The number of aromatic amines is 1. The third-order valence-corrected chi connectivity index (χ3v) is 7.49. The van der Waals surface area contributed by atoms with Gasteiger partial charge in [-0.15, -0.1) is 0 Å². The summed E-state index contributed by atoms with van der Waals surface area (Å²) in [4.78, 5) is 78.1. The van der Waals surface area contributed by atoms with E-state index in [-0.39, 0.29) is 25.8 Å². The van der Waals surface area contributed by atoms with Crippen LogP contribution in [-0.2, 0) is 28.5 Å². The van der Waals surface area contributed by atoms with E-state index in [1.54, 1.807) is 73.5 Å². The molecule has 0 aliphatic rings. The summed E-state index contributed by atoms with van der Waals surface area (Å²) >= 11 is 0. The molecule has 68 heavy (non-hydrogen) atoms. The van der Waals surface area contributed by atoms with Gasteiger partial charge < -0.3 is 58.1 Å². The van der Waals surface area contributed by atoms with E-state index < -0.39 is 37.6 Å². The third-order valence-electron chi connectivity index (χ3n) is 7.49. The van der Waals surface area contributed by atoms with Gasteiger partial charge in [-0.3, -0.25) is 33.5 Å². The number of benzene rings is 5. The Balaban J connectivity index is 0.000000410. The maximum absolute atomic E-state index is 10.9.